The van der Waals surface area contributed by atoms with E-state index in [4.69, 9.17) is 4.52 Å². The first-order valence-electron chi connectivity index (χ1n) is 5.38. The first-order valence-corrected chi connectivity index (χ1v) is 6.32. The third-order valence-corrected chi connectivity index (χ3v) is 2.70. The minimum Gasteiger partial charge on any atom is -0.338 e. The van der Waals surface area contributed by atoms with Gasteiger partial charge in [-0.05, 0) is 5.92 Å². The van der Waals surface area contributed by atoms with Gasteiger partial charge >= 0.3 is 0 Å². The molecule has 6 heteroatoms. The Bertz CT molecular complexity index is 491. The Morgan fingerprint density at radius 2 is 2.35 bits per heavy atom. The van der Waals surface area contributed by atoms with Gasteiger partial charge in [0.05, 0.1) is 11.9 Å². The maximum absolute atomic E-state index is 11.6. The van der Waals surface area contributed by atoms with Gasteiger partial charge in [0.15, 0.2) is 0 Å². The average Bonchev–Trinajstić information content (AvgIpc) is 2.84. The van der Waals surface area contributed by atoms with Crippen LogP contribution in [0.1, 0.15) is 26.2 Å². The van der Waals surface area contributed by atoms with Crippen LogP contribution in [0.3, 0.4) is 0 Å². The lowest BCUT2D eigenvalue weighted by Crippen LogP contribution is -2.06. The highest BCUT2D eigenvalue weighted by Crippen LogP contribution is 2.15. The fraction of sp³-hybridized carbons (Fsp3) is 0.455. The van der Waals surface area contributed by atoms with Gasteiger partial charge in [0, 0.05) is 11.8 Å². The number of thiazole rings is 1. The number of nitrogens with zero attached hydrogens (tertiary/aromatic N) is 3. The number of ketones is 1. The molecule has 0 unspecified atom stereocenters. The van der Waals surface area contributed by atoms with Gasteiger partial charge in [-0.15, -0.1) is 11.3 Å². The topological polar surface area (TPSA) is 68.9 Å². The van der Waals surface area contributed by atoms with Gasteiger partial charge in [-0.3, -0.25) is 4.79 Å². The van der Waals surface area contributed by atoms with Crippen LogP contribution in [-0.4, -0.2) is 20.9 Å². The summed E-state index contributed by atoms with van der Waals surface area (Å²) in [5, 5.41) is 5.63. The molecule has 0 saturated carbocycles. The Kier molecular flexibility index (Phi) is 3.63. The first kappa shape index (κ1) is 11.9. The molecule has 17 heavy (non-hydrogen) atoms. The zero-order valence-electron chi connectivity index (χ0n) is 9.71. The third-order valence-electron chi connectivity index (χ3n) is 2.11. The quantitative estimate of drug-likeness (QED) is 0.815. The van der Waals surface area contributed by atoms with E-state index in [2.05, 4.69) is 15.1 Å². The summed E-state index contributed by atoms with van der Waals surface area (Å²) in [4.78, 5) is 19.8. The summed E-state index contributed by atoms with van der Waals surface area (Å²) >= 11 is 1.47. The second-order valence-corrected chi connectivity index (χ2v) is 4.92. The molecule has 0 N–H and O–H groups in total. The van der Waals surface area contributed by atoms with Crippen LogP contribution in [0.25, 0.3) is 11.5 Å². The maximum atomic E-state index is 11.6. The van der Waals surface area contributed by atoms with E-state index in [9.17, 15) is 4.79 Å². The second-order valence-electron chi connectivity index (χ2n) is 4.20. The van der Waals surface area contributed by atoms with Gasteiger partial charge in [-0.1, -0.05) is 19.0 Å². The van der Waals surface area contributed by atoms with E-state index in [1.807, 2.05) is 19.2 Å². The predicted octanol–water partition coefficient (Wildman–Crippen LogP) is 2.35. The molecule has 0 saturated heterocycles. The van der Waals surface area contributed by atoms with E-state index in [0.717, 1.165) is 0 Å². The third kappa shape index (κ3) is 3.20. The standard InChI is InChI=1S/C11H13N3O2S/c1-7(2)3-8(15)4-10-13-11(14-16-10)9-5-17-6-12-9/h5-7H,3-4H2,1-2H3. The van der Waals surface area contributed by atoms with E-state index in [-0.39, 0.29) is 12.2 Å². The van der Waals surface area contributed by atoms with Crippen LogP contribution in [0, 0.1) is 5.92 Å². The van der Waals surface area contributed by atoms with Crippen molar-refractivity contribution >= 4 is 17.1 Å². The zero-order valence-corrected chi connectivity index (χ0v) is 10.5. The molecule has 0 amide bonds. The molecule has 2 rings (SSSR count). The van der Waals surface area contributed by atoms with Crippen molar-refractivity contribution in [1.82, 2.24) is 15.1 Å². The molecule has 0 spiro atoms. The van der Waals surface area contributed by atoms with Gasteiger partial charge in [0.1, 0.15) is 11.5 Å². The predicted molar refractivity (Wildman–Crippen MR) is 63.6 cm³/mol. The van der Waals surface area contributed by atoms with E-state index >= 15 is 0 Å². The van der Waals surface area contributed by atoms with Crippen LogP contribution in [0.2, 0.25) is 0 Å². The van der Waals surface area contributed by atoms with Crippen molar-refractivity contribution in [2.45, 2.75) is 26.7 Å². The van der Waals surface area contributed by atoms with Crippen molar-refractivity contribution in [1.29, 1.82) is 0 Å². The molecule has 2 aromatic heterocycles. The Balaban J connectivity index is 2.02. The van der Waals surface area contributed by atoms with Crippen molar-refractivity contribution in [2.24, 2.45) is 5.92 Å². The van der Waals surface area contributed by atoms with Crippen molar-refractivity contribution in [3.8, 4) is 11.5 Å². The van der Waals surface area contributed by atoms with Crippen LogP contribution in [-0.2, 0) is 11.2 Å². The van der Waals surface area contributed by atoms with Crippen LogP contribution in [0.15, 0.2) is 15.4 Å². The van der Waals surface area contributed by atoms with Crippen molar-refractivity contribution < 1.29 is 9.32 Å². The van der Waals surface area contributed by atoms with Gasteiger partial charge in [-0.2, -0.15) is 4.98 Å². The molecule has 0 aliphatic carbocycles. The van der Waals surface area contributed by atoms with Gasteiger partial charge in [0.2, 0.25) is 11.7 Å². The summed E-state index contributed by atoms with van der Waals surface area (Å²) in [6, 6.07) is 0. The molecule has 2 aromatic rings. The van der Waals surface area contributed by atoms with Crippen LogP contribution >= 0.6 is 11.3 Å². The largest absolute Gasteiger partial charge is 0.338 e. The Labute approximate surface area is 103 Å². The lowest BCUT2D eigenvalue weighted by Gasteiger charge is -1.99. The second kappa shape index (κ2) is 5.18. The number of hydrogen-bond acceptors (Lipinski definition) is 6. The summed E-state index contributed by atoms with van der Waals surface area (Å²) in [6.07, 6.45) is 0.740. The summed E-state index contributed by atoms with van der Waals surface area (Å²) in [5.41, 5.74) is 2.39. The van der Waals surface area contributed by atoms with Crippen LogP contribution in [0.5, 0.6) is 0 Å². The molecule has 0 atom stereocenters. The van der Waals surface area contributed by atoms with E-state index in [1.165, 1.54) is 11.3 Å². The summed E-state index contributed by atoms with van der Waals surface area (Å²) in [7, 11) is 0. The van der Waals surface area contributed by atoms with Crippen molar-refractivity contribution in [3.63, 3.8) is 0 Å². The Morgan fingerprint density at radius 1 is 1.53 bits per heavy atom. The average molecular weight is 251 g/mol. The smallest absolute Gasteiger partial charge is 0.234 e. The van der Waals surface area contributed by atoms with E-state index in [1.54, 1.807) is 5.51 Å². The van der Waals surface area contributed by atoms with Gasteiger partial charge < -0.3 is 4.52 Å². The summed E-state index contributed by atoms with van der Waals surface area (Å²) < 4.78 is 5.02. The van der Waals surface area contributed by atoms with Gasteiger partial charge in [0.25, 0.3) is 0 Å². The molecule has 90 valence electrons. The molecule has 0 aliphatic heterocycles. The maximum Gasteiger partial charge on any atom is 0.234 e. The highest BCUT2D eigenvalue weighted by atomic mass is 32.1. The number of Topliss-reactive ketones (excluding diaryl/α,β-unsaturated/α-hetero) is 1. The summed E-state index contributed by atoms with van der Waals surface area (Å²) in [6.45, 7) is 4.01. The molecular weight excluding hydrogens is 238 g/mol. The Hall–Kier alpha value is -1.56. The van der Waals surface area contributed by atoms with Crippen LogP contribution in [0.4, 0.5) is 0 Å². The fourth-order valence-corrected chi connectivity index (χ4v) is 1.98. The normalized spacial score (nSPS) is 11.0. The molecule has 0 aromatic carbocycles. The molecule has 0 radical (unpaired) electrons. The monoisotopic (exact) mass is 251 g/mol. The SMILES string of the molecule is CC(C)CC(=O)Cc1nc(-c2cscn2)no1. The fourth-order valence-electron chi connectivity index (χ4n) is 1.45. The van der Waals surface area contributed by atoms with Crippen molar-refractivity contribution in [3.05, 3.63) is 16.8 Å². The number of hydrogen-bond donors (Lipinski definition) is 0. The first-order chi connectivity index (χ1) is 8.15. The lowest BCUT2D eigenvalue weighted by molar-refractivity contribution is -0.119. The molecule has 0 fully saturated rings. The molecule has 2 heterocycles. The minimum absolute atomic E-state index is 0.119. The number of aromatic nitrogens is 3. The number of rotatable bonds is 5. The Morgan fingerprint density at radius 3 is 3.00 bits per heavy atom. The summed E-state index contributed by atoms with van der Waals surface area (Å²) in [5.74, 6) is 1.27. The minimum atomic E-state index is 0.119. The number of carbonyl (C=O) groups is 1. The van der Waals surface area contributed by atoms with Gasteiger partial charge in [-0.25, -0.2) is 4.98 Å². The molecule has 0 aliphatic rings. The van der Waals surface area contributed by atoms with Crippen molar-refractivity contribution in [2.75, 3.05) is 0 Å². The number of carbonyl (C=O) groups excluding carboxylic acids is 1. The molecule has 5 nitrogen and oxygen atoms in total. The molecule has 0 bridgehead atoms. The highest BCUT2D eigenvalue weighted by Gasteiger charge is 2.14. The van der Waals surface area contributed by atoms with Crippen LogP contribution < -0.4 is 0 Å². The molecular formula is C11H13N3O2S. The van der Waals surface area contributed by atoms with E-state index in [0.29, 0.717) is 29.7 Å². The lowest BCUT2D eigenvalue weighted by atomic mass is 10.1. The van der Waals surface area contributed by atoms with E-state index < -0.39 is 0 Å². The zero-order chi connectivity index (χ0) is 12.3. The highest BCUT2D eigenvalue weighted by molar-refractivity contribution is 7.07.